The van der Waals surface area contributed by atoms with E-state index in [0.29, 0.717) is 0 Å². The molecule has 7 heteroatoms. The van der Waals surface area contributed by atoms with Crippen LogP contribution in [0.1, 0.15) is 0 Å². The Morgan fingerprint density at radius 1 is 1.38 bits per heavy atom. The van der Waals surface area contributed by atoms with Crippen LogP contribution < -0.4 is 11.3 Å². The number of rotatable bonds is 2. The molecule has 0 bridgehead atoms. The fraction of sp³-hybridized carbons (Fsp3) is 0. The van der Waals surface area contributed by atoms with Crippen molar-refractivity contribution >= 4 is 34.6 Å². The third-order valence-corrected chi connectivity index (χ3v) is 1.98. The molecule has 3 N–H and O–H groups in total. The Balaban J connectivity index is 3.28. The molecule has 0 fully saturated rings. The second-order valence-corrected chi connectivity index (χ2v) is 3.00. The van der Waals surface area contributed by atoms with E-state index in [0.717, 1.165) is 0 Å². The number of nitrogens with two attached hydrogens (primary N) is 1. The lowest BCUT2D eigenvalue weighted by molar-refractivity contribution is -0.384. The first-order chi connectivity index (χ1) is 6.06. The van der Waals surface area contributed by atoms with E-state index in [9.17, 15) is 10.1 Å². The van der Waals surface area contributed by atoms with Crippen molar-refractivity contribution < 1.29 is 4.92 Å². The Morgan fingerprint density at radius 3 is 2.15 bits per heavy atom. The highest BCUT2D eigenvalue weighted by molar-refractivity contribution is 6.39. The van der Waals surface area contributed by atoms with Crippen molar-refractivity contribution in [3.63, 3.8) is 0 Å². The second-order valence-electron chi connectivity index (χ2n) is 2.19. The van der Waals surface area contributed by atoms with Gasteiger partial charge in [-0.25, -0.2) is 0 Å². The maximum atomic E-state index is 10.3. The summed E-state index contributed by atoms with van der Waals surface area (Å²) in [6.07, 6.45) is 0. The summed E-state index contributed by atoms with van der Waals surface area (Å²) in [5.74, 6) is 5.09. The summed E-state index contributed by atoms with van der Waals surface area (Å²) in [7, 11) is 0. The number of nitro benzene ring substituents is 1. The highest BCUT2D eigenvalue weighted by Crippen LogP contribution is 2.33. The minimum Gasteiger partial charge on any atom is -0.321 e. The first kappa shape index (κ1) is 10.0. The molecule has 0 amide bonds. The van der Waals surface area contributed by atoms with Gasteiger partial charge < -0.3 is 5.43 Å². The predicted molar refractivity (Wildman–Crippen MR) is 50.9 cm³/mol. The summed E-state index contributed by atoms with van der Waals surface area (Å²) in [5, 5.41) is 10.6. The van der Waals surface area contributed by atoms with Crippen molar-refractivity contribution in [3.05, 3.63) is 32.3 Å². The van der Waals surface area contributed by atoms with Crippen LogP contribution in [0.25, 0.3) is 0 Å². The van der Waals surface area contributed by atoms with E-state index in [1.54, 1.807) is 0 Å². The summed E-state index contributed by atoms with van der Waals surface area (Å²) < 4.78 is 0. The third kappa shape index (κ3) is 2.00. The number of benzene rings is 1. The highest BCUT2D eigenvalue weighted by Gasteiger charge is 2.13. The number of hydrazine groups is 1. The fourth-order valence-corrected chi connectivity index (χ4v) is 1.39. The van der Waals surface area contributed by atoms with E-state index in [1.807, 2.05) is 0 Å². The van der Waals surface area contributed by atoms with Gasteiger partial charge in [0.2, 0.25) is 0 Å². The van der Waals surface area contributed by atoms with Crippen LogP contribution >= 0.6 is 23.2 Å². The molecule has 1 rings (SSSR count). The van der Waals surface area contributed by atoms with Gasteiger partial charge in [-0.2, -0.15) is 0 Å². The highest BCUT2D eigenvalue weighted by atomic mass is 35.5. The molecule has 0 aliphatic rings. The monoisotopic (exact) mass is 221 g/mol. The average Bonchev–Trinajstić information content (AvgIpc) is 2.03. The normalized spacial score (nSPS) is 9.77. The number of halogens is 2. The first-order valence-corrected chi connectivity index (χ1v) is 3.92. The Labute approximate surface area is 83.6 Å². The molecule has 0 heterocycles. The SMILES string of the molecule is NNc1c(Cl)cc([N+](=O)[O-])cc1Cl. The molecule has 0 saturated carbocycles. The van der Waals surface area contributed by atoms with E-state index in [2.05, 4.69) is 5.43 Å². The molecule has 0 spiro atoms. The lowest BCUT2D eigenvalue weighted by Gasteiger charge is -2.04. The van der Waals surface area contributed by atoms with Gasteiger partial charge in [-0.05, 0) is 0 Å². The molecule has 0 aliphatic carbocycles. The van der Waals surface area contributed by atoms with Crippen LogP contribution in [0.5, 0.6) is 0 Å². The molecule has 5 nitrogen and oxygen atoms in total. The summed E-state index contributed by atoms with van der Waals surface area (Å²) in [6, 6.07) is 2.34. The Hall–Kier alpha value is -1.04. The van der Waals surface area contributed by atoms with E-state index in [-0.39, 0.29) is 21.4 Å². The van der Waals surface area contributed by atoms with E-state index < -0.39 is 4.92 Å². The molecule has 1 aromatic carbocycles. The van der Waals surface area contributed by atoms with Gasteiger partial charge in [0.1, 0.15) is 0 Å². The molecule has 0 aromatic heterocycles. The maximum absolute atomic E-state index is 10.3. The van der Waals surface area contributed by atoms with Gasteiger partial charge in [0, 0.05) is 12.1 Å². The summed E-state index contributed by atoms with van der Waals surface area (Å²) >= 11 is 11.3. The van der Waals surface area contributed by atoms with Crippen molar-refractivity contribution in [2.45, 2.75) is 0 Å². The smallest absolute Gasteiger partial charge is 0.272 e. The number of hydrogen-bond acceptors (Lipinski definition) is 4. The summed E-state index contributed by atoms with van der Waals surface area (Å²) in [4.78, 5) is 9.76. The summed E-state index contributed by atoms with van der Waals surface area (Å²) in [6.45, 7) is 0. The predicted octanol–water partition coefficient (Wildman–Crippen LogP) is 2.19. The molecule has 0 unspecified atom stereocenters. The van der Waals surface area contributed by atoms with Crippen molar-refractivity contribution in [1.82, 2.24) is 0 Å². The zero-order valence-corrected chi connectivity index (χ0v) is 7.76. The lowest BCUT2D eigenvalue weighted by atomic mass is 10.3. The largest absolute Gasteiger partial charge is 0.321 e. The zero-order valence-electron chi connectivity index (χ0n) is 6.25. The maximum Gasteiger partial charge on any atom is 0.272 e. The quantitative estimate of drug-likeness (QED) is 0.456. The van der Waals surface area contributed by atoms with Gasteiger partial charge in [0.05, 0.1) is 20.7 Å². The first-order valence-electron chi connectivity index (χ1n) is 3.16. The van der Waals surface area contributed by atoms with Crippen molar-refractivity contribution in [2.75, 3.05) is 5.43 Å². The van der Waals surface area contributed by atoms with Crippen molar-refractivity contribution in [3.8, 4) is 0 Å². The number of non-ortho nitro benzene ring substituents is 1. The molecule has 0 atom stereocenters. The molecule has 0 radical (unpaired) electrons. The van der Waals surface area contributed by atoms with Crippen LogP contribution in [-0.2, 0) is 0 Å². The Bertz CT molecular complexity index is 333. The van der Waals surface area contributed by atoms with E-state index in [4.69, 9.17) is 29.0 Å². The van der Waals surface area contributed by atoms with Crippen LogP contribution in [0.2, 0.25) is 10.0 Å². The number of hydrogen-bond donors (Lipinski definition) is 2. The standard InChI is InChI=1S/C6H5Cl2N3O2/c7-4-1-3(11(12)13)2-5(8)6(4)10-9/h1-2,10H,9H2. The average molecular weight is 222 g/mol. The zero-order chi connectivity index (χ0) is 10.0. The van der Waals surface area contributed by atoms with Gasteiger partial charge in [0.15, 0.2) is 0 Å². The van der Waals surface area contributed by atoms with Crippen LogP contribution in [0, 0.1) is 10.1 Å². The van der Waals surface area contributed by atoms with E-state index >= 15 is 0 Å². The van der Waals surface area contributed by atoms with Gasteiger partial charge in [-0.3, -0.25) is 16.0 Å². The molecule has 0 saturated heterocycles. The van der Waals surface area contributed by atoms with Gasteiger partial charge in [-0.15, -0.1) is 0 Å². The molecular formula is C6H5Cl2N3O2. The fourth-order valence-electron chi connectivity index (χ4n) is 0.803. The van der Waals surface area contributed by atoms with Gasteiger partial charge >= 0.3 is 0 Å². The van der Waals surface area contributed by atoms with Crippen LogP contribution in [-0.4, -0.2) is 4.92 Å². The summed E-state index contributed by atoms with van der Waals surface area (Å²) in [5.41, 5.74) is 2.34. The molecule has 1 aromatic rings. The number of nitrogen functional groups attached to an aromatic ring is 1. The third-order valence-electron chi connectivity index (χ3n) is 1.38. The van der Waals surface area contributed by atoms with Crippen LogP contribution in [0.3, 0.4) is 0 Å². The Morgan fingerprint density at radius 2 is 1.85 bits per heavy atom. The van der Waals surface area contributed by atoms with Gasteiger partial charge in [0.25, 0.3) is 5.69 Å². The Kier molecular flexibility index (Phi) is 2.92. The van der Waals surface area contributed by atoms with Crippen molar-refractivity contribution in [2.24, 2.45) is 5.84 Å². The van der Waals surface area contributed by atoms with Crippen LogP contribution in [0.4, 0.5) is 11.4 Å². The number of anilines is 1. The van der Waals surface area contributed by atoms with E-state index in [1.165, 1.54) is 12.1 Å². The minimum atomic E-state index is -0.585. The van der Waals surface area contributed by atoms with Crippen molar-refractivity contribution in [1.29, 1.82) is 0 Å². The van der Waals surface area contributed by atoms with Crippen LogP contribution in [0.15, 0.2) is 12.1 Å². The number of nitrogens with one attached hydrogen (secondary N) is 1. The van der Waals surface area contributed by atoms with Gasteiger partial charge in [-0.1, -0.05) is 23.2 Å². The topological polar surface area (TPSA) is 81.2 Å². The minimum absolute atomic E-state index is 0.113. The molecular weight excluding hydrogens is 217 g/mol. The lowest BCUT2D eigenvalue weighted by Crippen LogP contribution is -2.08. The number of nitrogens with zero attached hydrogens (tertiary/aromatic N) is 1. The second kappa shape index (κ2) is 3.78. The molecule has 70 valence electrons. The number of nitro groups is 1. The molecule has 0 aliphatic heterocycles. The molecule has 13 heavy (non-hydrogen) atoms.